The van der Waals surface area contributed by atoms with E-state index in [-0.39, 0.29) is 12.5 Å². The molecular weight excluding hydrogens is 252 g/mol. The van der Waals surface area contributed by atoms with Crippen molar-refractivity contribution in [1.29, 1.82) is 5.26 Å². The number of esters is 1. The number of hydrogen-bond acceptors (Lipinski definition) is 4. The summed E-state index contributed by atoms with van der Waals surface area (Å²) in [6, 6.07) is 7.13. The summed E-state index contributed by atoms with van der Waals surface area (Å²) in [5.41, 5.74) is 1.24. The molecule has 0 saturated carbocycles. The Balaban J connectivity index is 2.95. The van der Waals surface area contributed by atoms with Crippen LogP contribution in [0.1, 0.15) is 18.9 Å². The Kier molecular flexibility index (Phi) is 5.47. The zero-order valence-corrected chi connectivity index (χ0v) is 11.2. The SMILES string of the molecule is CCCN(CC(=O)OC)c1ccc(C#N)c(Cl)c1. The summed E-state index contributed by atoms with van der Waals surface area (Å²) in [7, 11) is 1.36. The van der Waals surface area contributed by atoms with E-state index in [0.717, 1.165) is 18.7 Å². The third kappa shape index (κ3) is 3.64. The smallest absolute Gasteiger partial charge is 0.325 e. The Labute approximate surface area is 112 Å². The predicted molar refractivity (Wildman–Crippen MR) is 70.7 cm³/mol. The number of rotatable bonds is 5. The van der Waals surface area contributed by atoms with Crippen LogP contribution in [-0.2, 0) is 9.53 Å². The van der Waals surface area contributed by atoms with Crippen molar-refractivity contribution in [2.24, 2.45) is 0 Å². The molecule has 0 amide bonds. The average molecular weight is 267 g/mol. The van der Waals surface area contributed by atoms with Crippen LogP contribution in [-0.4, -0.2) is 26.2 Å². The van der Waals surface area contributed by atoms with Crippen LogP contribution in [0.2, 0.25) is 5.02 Å². The van der Waals surface area contributed by atoms with E-state index >= 15 is 0 Å². The van der Waals surface area contributed by atoms with Crippen LogP contribution < -0.4 is 4.90 Å². The van der Waals surface area contributed by atoms with Gasteiger partial charge in [0.1, 0.15) is 12.6 Å². The first-order valence-electron chi connectivity index (χ1n) is 5.63. The van der Waals surface area contributed by atoms with Gasteiger partial charge in [-0.05, 0) is 24.6 Å². The molecule has 96 valence electrons. The molecule has 0 N–H and O–H groups in total. The first-order valence-corrected chi connectivity index (χ1v) is 6.01. The molecular formula is C13H15ClN2O2. The van der Waals surface area contributed by atoms with E-state index in [1.807, 2.05) is 17.9 Å². The molecule has 0 atom stereocenters. The maximum Gasteiger partial charge on any atom is 0.325 e. The summed E-state index contributed by atoms with van der Waals surface area (Å²) in [6.07, 6.45) is 0.897. The largest absolute Gasteiger partial charge is 0.468 e. The van der Waals surface area contributed by atoms with Gasteiger partial charge >= 0.3 is 5.97 Å². The highest BCUT2D eigenvalue weighted by Crippen LogP contribution is 2.23. The fourth-order valence-corrected chi connectivity index (χ4v) is 1.80. The van der Waals surface area contributed by atoms with Crippen molar-refractivity contribution in [1.82, 2.24) is 0 Å². The van der Waals surface area contributed by atoms with Crippen molar-refractivity contribution in [3.63, 3.8) is 0 Å². The minimum Gasteiger partial charge on any atom is -0.468 e. The van der Waals surface area contributed by atoms with Gasteiger partial charge in [-0.3, -0.25) is 4.79 Å². The van der Waals surface area contributed by atoms with Crippen LogP contribution in [0.3, 0.4) is 0 Å². The van der Waals surface area contributed by atoms with Crippen molar-refractivity contribution >= 4 is 23.3 Å². The van der Waals surface area contributed by atoms with Crippen LogP contribution in [0.15, 0.2) is 18.2 Å². The lowest BCUT2D eigenvalue weighted by atomic mass is 10.2. The molecule has 0 saturated heterocycles. The van der Waals surface area contributed by atoms with Gasteiger partial charge in [-0.25, -0.2) is 0 Å². The van der Waals surface area contributed by atoms with Crippen molar-refractivity contribution < 1.29 is 9.53 Å². The normalized spacial score (nSPS) is 9.67. The Bertz CT molecular complexity index is 469. The second-order valence-corrected chi connectivity index (χ2v) is 4.18. The number of nitrogens with zero attached hydrogens (tertiary/aromatic N) is 2. The fraction of sp³-hybridized carbons (Fsp3) is 0.385. The number of methoxy groups -OCH3 is 1. The molecule has 0 radical (unpaired) electrons. The third-order valence-corrected chi connectivity index (χ3v) is 2.79. The van der Waals surface area contributed by atoms with Gasteiger partial charge in [0.2, 0.25) is 0 Å². The molecule has 0 bridgehead atoms. The Morgan fingerprint density at radius 3 is 2.78 bits per heavy atom. The van der Waals surface area contributed by atoms with E-state index in [1.165, 1.54) is 7.11 Å². The zero-order chi connectivity index (χ0) is 13.5. The molecule has 0 unspecified atom stereocenters. The number of ether oxygens (including phenoxy) is 1. The topological polar surface area (TPSA) is 53.3 Å². The Morgan fingerprint density at radius 1 is 1.56 bits per heavy atom. The minimum absolute atomic E-state index is 0.173. The number of hydrogen-bond donors (Lipinski definition) is 0. The van der Waals surface area contributed by atoms with E-state index in [4.69, 9.17) is 16.9 Å². The summed E-state index contributed by atoms with van der Waals surface area (Å²) >= 11 is 5.98. The third-order valence-electron chi connectivity index (χ3n) is 2.48. The first kappa shape index (κ1) is 14.3. The van der Waals surface area contributed by atoms with E-state index in [2.05, 4.69) is 4.74 Å². The molecule has 0 heterocycles. The molecule has 5 heteroatoms. The molecule has 0 aromatic heterocycles. The summed E-state index contributed by atoms with van der Waals surface area (Å²) < 4.78 is 4.66. The number of carbonyl (C=O) groups is 1. The summed E-state index contributed by atoms with van der Waals surface area (Å²) in [5, 5.41) is 9.20. The first-order chi connectivity index (χ1) is 8.62. The monoisotopic (exact) mass is 266 g/mol. The maximum absolute atomic E-state index is 11.3. The van der Waals surface area contributed by atoms with E-state index in [0.29, 0.717) is 10.6 Å². The molecule has 0 aliphatic carbocycles. The number of carbonyl (C=O) groups excluding carboxylic acids is 1. The highest BCUT2D eigenvalue weighted by atomic mass is 35.5. The lowest BCUT2D eigenvalue weighted by Crippen LogP contribution is -2.31. The second-order valence-electron chi connectivity index (χ2n) is 3.77. The lowest BCUT2D eigenvalue weighted by molar-refractivity contribution is -0.138. The van der Waals surface area contributed by atoms with Gasteiger partial charge in [0, 0.05) is 12.2 Å². The van der Waals surface area contributed by atoms with Crippen molar-refractivity contribution in [2.45, 2.75) is 13.3 Å². The molecule has 1 aromatic carbocycles. The van der Waals surface area contributed by atoms with Crippen LogP contribution >= 0.6 is 11.6 Å². The van der Waals surface area contributed by atoms with E-state index < -0.39 is 0 Å². The maximum atomic E-state index is 11.3. The number of halogens is 1. The van der Waals surface area contributed by atoms with Gasteiger partial charge in [-0.15, -0.1) is 0 Å². The van der Waals surface area contributed by atoms with Crippen LogP contribution in [0.25, 0.3) is 0 Å². The summed E-state index contributed by atoms with van der Waals surface area (Å²) in [5.74, 6) is -0.302. The van der Waals surface area contributed by atoms with Gasteiger partial charge < -0.3 is 9.64 Å². The molecule has 0 aliphatic rings. The molecule has 0 aliphatic heterocycles. The van der Waals surface area contributed by atoms with E-state index in [9.17, 15) is 4.79 Å². The van der Waals surface area contributed by atoms with Crippen molar-refractivity contribution in [2.75, 3.05) is 25.1 Å². The van der Waals surface area contributed by atoms with Gasteiger partial charge in [0.15, 0.2) is 0 Å². The minimum atomic E-state index is -0.302. The predicted octanol–water partition coefficient (Wildman–Crippen LogP) is 2.60. The lowest BCUT2D eigenvalue weighted by Gasteiger charge is -2.23. The van der Waals surface area contributed by atoms with Crippen molar-refractivity contribution in [3.05, 3.63) is 28.8 Å². The Hall–Kier alpha value is -1.73. The van der Waals surface area contributed by atoms with E-state index in [1.54, 1.807) is 18.2 Å². The number of nitriles is 1. The molecule has 0 fully saturated rings. The summed E-state index contributed by atoms with van der Waals surface area (Å²) in [4.78, 5) is 13.2. The van der Waals surface area contributed by atoms with Gasteiger partial charge in [0.25, 0.3) is 0 Å². The van der Waals surface area contributed by atoms with Gasteiger partial charge in [-0.1, -0.05) is 18.5 Å². The highest BCUT2D eigenvalue weighted by molar-refractivity contribution is 6.32. The van der Waals surface area contributed by atoms with Crippen LogP contribution in [0.5, 0.6) is 0 Å². The zero-order valence-electron chi connectivity index (χ0n) is 10.4. The molecule has 18 heavy (non-hydrogen) atoms. The molecule has 1 rings (SSSR count). The highest BCUT2D eigenvalue weighted by Gasteiger charge is 2.12. The van der Waals surface area contributed by atoms with Crippen molar-refractivity contribution in [3.8, 4) is 6.07 Å². The quantitative estimate of drug-likeness (QED) is 0.769. The van der Waals surface area contributed by atoms with Gasteiger partial charge in [-0.2, -0.15) is 5.26 Å². The van der Waals surface area contributed by atoms with Gasteiger partial charge in [0.05, 0.1) is 17.7 Å². The fourth-order valence-electron chi connectivity index (χ4n) is 1.58. The average Bonchev–Trinajstić information content (AvgIpc) is 2.38. The molecule has 4 nitrogen and oxygen atoms in total. The standard InChI is InChI=1S/C13H15ClN2O2/c1-3-6-16(9-13(17)18-2)11-5-4-10(8-15)12(14)7-11/h4-5,7H,3,6,9H2,1-2H3. The second kappa shape index (κ2) is 6.87. The van der Waals surface area contributed by atoms with Crippen LogP contribution in [0, 0.1) is 11.3 Å². The van der Waals surface area contributed by atoms with Crippen LogP contribution in [0.4, 0.5) is 5.69 Å². The number of anilines is 1. The Morgan fingerprint density at radius 2 is 2.28 bits per heavy atom. The molecule has 0 spiro atoms. The molecule has 1 aromatic rings. The number of benzene rings is 1. The summed E-state index contributed by atoms with van der Waals surface area (Å²) in [6.45, 7) is 2.92.